The molecule has 0 aliphatic carbocycles. The van der Waals surface area contributed by atoms with E-state index in [0.29, 0.717) is 17.7 Å². The van der Waals surface area contributed by atoms with Gasteiger partial charge in [-0.1, -0.05) is 6.07 Å². The van der Waals surface area contributed by atoms with Gasteiger partial charge in [0.2, 0.25) is 5.91 Å². The molecule has 4 rings (SSSR count). The van der Waals surface area contributed by atoms with Gasteiger partial charge in [0.15, 0.2) is 0 Å². The van der Waals surface area contributed by atoms with Crippen molar-refractivity contribution in [2.45, 2.75) is 31.7 Å². The number of likely N-dealkylation sites (tertiary alicyclic amines) is 1. The highest BCUT2D eigenvalue weighted by Gasteiger charge is 2.37. The van der Waals surface area contributed by atoms with Crippen LogP contribution in [0.4, 0.5) is 0 Å². The molecular weight excluding hydrogens is 314 g/mol. The van der Waals surface area contributed by atoms with Crippen molar-refractivity contribution < 1.29 is 4.79 Å². The van der Waals surface area contributed by atoms with E-state index in [1.54, 1.807) is 6.07 Å². The topological polar surface area (TPSA) is 54.3 Å². The van der Waals surface area contributed by atoms with Crippen molar-refractivity contribution in [3.05, 3.63) is 34.2 Å². The fraction of sp³-hybridized carbons (Fsp3) is 0.647. The SMILES string of the molecule is Cl.O=C(C1CCNCC1)N1CC2CC(C1)c1cccc(=O)n1C2. The van der Waals surface area contributed by atoms with Gasteiger partial charge in [-0.25, -0.2) is 0 Å². The Morgan fingerprint density at radius 3 is 2.70 bits per heavy atom. The standard InChI is InChI=1S/C17H23N3O2.ClH/c21-16-3-1-2-15-14-8-12(10-20(15)16)9-19(11-14)17(22)13-4-6-18-7-5-13;/h1-3,12-14,18H,4-11H2;1H. The average Bonchev–Trinajstić information content (AvgIpc) is 2.56. The van der Waals surface area contributed by atoms with Crippen molar-refractivity contribution in [2.24, 2.45) is 11.8 Å². The Bertz CT molecular complexity index is 639. The monoisotopic (exact) mass is 337 g/mol. The zero-order valence-electron chi connectivity index (χ0n) is 13.2. The van der Waals surface area contributed by atoms with E-state index < -0.39 is 0 Å². The Balaban J connectivity index is 0.00000156. The molecule has 1 aromatic heterocycles. The summed E-state index contributed by atoms with van der Waals surface area (Å²) in [5, 5.41) is 3.32. The molecule has 2 unspecified atom stereocenters. The highest BCUT2D eigenvalue weighted by Crippen LogP contribution is 2.35. The van der Waals surface area contributed by atoms with Gasteiger partial charge in [-0.2, -0.15) is 0 Å². The molecule has 3 aliphatic rings. The number of piperidine rings is 2. The van der Waals surface area contributed by atoms with Gasteiger partial charge in [-0.3, -0.25) is 9.59 Å². The molecule has 2 bridgehead atoms. The molecule has 2 atom stereocenters. The number of nitrogens with zero attached hydrogens (tertiary/aromatic N) is 2. The number of nitrogens with one attached hydrogen (secondary N) is 1. The molecule has 23 heavy (non-hydrogen) atoms. The zero-order valence-corrected chi connectivity index (χ0v) is 14.1. The van der Waals surface area contributed by atoms with Crippen LogP contribution >= 0.6 is 12.4 Å². The number of halogens is 1. The van der Waals surface area contributed by atoms with Gasteiger partial charge < -0.3 is 14.8 Å². The van der Waals surface area contributed by atoms with Crippen LogP contribution in [0, 0.1) is 11.8 Å². The van der Waals surface area contributed by atoms with E-state index in [0.717, 1.165) is 57.7 Å². The van der Waals surface area contributed by atoms with E-state index in [4.69, 9.17) is 0 Å². The molecule has 3 aliphatic heterocycles. The Kier molecular flexibility index (Phi) is 4.78. The second-order valence-electron chi connectivity index (χ2n) is 6.97. The molecule has 1 N–H and O–H groups in total. The number of carbonyl (C=O) groups is 1. The third-order valence-electron chi connectivity index (χ3n) is 5.48. The van der Waals surface area contributed by atoms with E-state index in [2.05, 4.69) is 16.3 Å². The number of rotatable bonds is 1. The second kappa shape index (κ2) is 6.65. The molecule has 1 amide bonds. The summed E-state index contributed by atoms with van der Waals surface area (Å²) >= 11 is 0. The van der Waals surface area contributed by atoms with Crippen LogP contribution in [0.2, 0.25) is 0 Å². The van der Waals surface area contributed by atoms with Gasteiger partial charge in [0.05, 0.1) is 0 Å². The Hall–Kier alpha value is -1.33. The molecule has 4 heterocycles. The Morgan fingerprint density at radius 2 is 1.91 bits per heavy atom. The van der Waals surface area contributed by atoms with Crippen LogP contribution in [-0.2, 0) is 11.3 Å². The van der Waals surface area contributed by atoms with Gasteiger partial charge in [0.1, 0.15) is 0 Å². The zero-order chi connectivity index (χ0) is 15.1. The van der Waals surface area contributed by atoms with Crippen molar-refractivity contribution in [2.75, 3.05) is 26.2 Å². The minimum Gasteiger partial charge on any atom is -0.341 e. The molecule has 126 valence electrons. The van der Waals surface area contributed by atoms with Crippen LogP contribution in [-0.4, -0.2) is 41.6 Å². The molecule has 0 radical (unpaired) electrons. The molecule has 0 aromatic carbocycles. The summed E-state index contributed by atoms with van der Waals surface area (Å²) in [5.74, 6) is 1.28. The molecule has 0 saturated carbocycles. The number of amides is 1. The van der Waals surface area contributed by atoms with E-state index in [9.17, 15) is 9.59 Å². The summed E-state index contributed by atoms with van der Waals surface area (Å²) < 4.78 is 1.92. The van der Waals surface area contributed by atoms with Crippen molar-refractivity contribution >= 4 is 18.3 Å². The van der Waals surface area contributed by atoms with Gasteiger partial charge in [0.25, 0.3) is 5.56 Å². The predicted molar refractivity (Wildman–Crippen MR) is 91.0 cm³/mol. The summed E-state index contributed by atoms with van der Waals surface area (Å²) in [6.45, 7) is 4.27. The van der Waals surface area contributed by atoms with Crippen LogP contribution in [0.3, 0.4) is 0 Å². The first-order chi connectivity index (χ1) is 10.7. The largest absolute Gasteiger partial charge is 0.341 e. The van der Waals surface area contributed by atoms with Gasteiger partial charge in [0, 0.05) is 43.2 Å². The number of pyridine rings is 1. The minimum absolute atomic E-state index is 0. The van der Waals surface area contributed by atoms with Crippen molar-refractivity contribution in [3.8, 4) is 0 Å². The minimum atomic E-state index is 0. The summed E-state index contributed by atoms with van der Waals surface area (Å²) in [4.78, 5) is 26.9. The number of fused-ring (bicyclic) bond motifs is 4. The third-order valence-corrected chi connectivity index (χ3v) is 5.48. The normalized spacial score (nSPS) is 27.0. The molecule has 2 fully saturated rings. The molecule has 5 nitrogen and oxygen atoms in total. The van der Waals surface area contributed by atoms with E-state index in [-0.39, 0.29) is 23.9 Å². The lowest BCUT2D eigenvalue weighted by molar-refractivity contribution is -0.139. The summed E-state index contributed by atoms with van der Waals surface area (Å²) in [6, 6.07) is 5.55. The number of aromatic nitrogens is 1. The first-order valence-electron chi connectivity index (χ1n) is 8.41. The lowest BCUT2D eigenvalue weighted by atomic mass is 9.82. The highest BCUT2D eigenvalue weighted by molar-refractivity contribution is 5.85. The fourth-order valence-corrected chi connectivity index (χ4v) is 4.40. The first-order valence-corrected chi connectivity index (χ1v) is 8.41. The third kappa shape index (κ3) is 3.04. The van der Waals surface area contributed by atoms with Crippen molar-refractivity contribution in [1.82, 2.24) is 14.8 Å². The quantitative estimate of drug-likeness (QED) is 0.838. The van der Waals surface area contributed by atoms with Crippen LogP contribution in [0.5, 0.6) is 0 Å². The predicted octanol–water partition coefficient (Wildman–Crippen LogP) is 1.22. The van der Waals surface area contributed by atoms with E-state index in [1.165, 1.54) is 0 Å². The molecule has 2 saturated heterocycles. The molecule has 1 aromatic rings. The van der Waals surface area contributed by atoms with E-state index >= 15 is 0 Å². The van der Waals surface area contributed by atoms with Crippen LogP contribution in [0.1, 0.15) is 30.9 Å². The van der Waals surface area contributed by atoms with Crippen LogP contribution < -0.4 is 10.9 Å². The van der Waals surface area contributed by atoms with Gasteiger partial charge >= 0.3 is 0 Å². The van der Waals surface area contributed by atoms with Crippen LogP contribution in [0.25, 0.3) is 0 Å². The number of hydrogen-bond donors (Lipinski definition) is 1. The smallest absolute Gasteiger partial charge is 0.250 e. The lowest BCUT2D eigenvalue weighted by Gasteiger charge is -2.44. The van der Waals surface area contributed by atoms with E-state index in [1.807, 2.05) is 10.6 Å². The Labute approximate surface area is 142 Å². The maximum Gasteiger partial charge on any atom is 0.250 e. The van der Waals surface area contributed by atoms with Gasteiger partial charge in [-0.05, 0) is 44.3 Å². The lowest BCUT2D eigenvalue weighted by Crippen LogP contribution is -2.51. The Morgan fingerprint density at radius 1 is 1.13 bits per heavy atom. The molecule has 6 heteroatoms. The summed E-state index contributed by atoms with van der Waals surface area (Å²) in [7, 11) is 0. The van der Waals surface area contributed by atoms with Gasteiger partial charge in [-0.15, -0.1) is 12.4 Å². The summed E-state index contributed by atoms with van der Waals surface area (Å²) in [5.41, 5.74) is 1.22. The summed E-state index contributed by atoms with van der Waals surface area (Å²) in [6.07, 6.45) is 3.03. The second-order valence-corrected chi connectivity index (χ2v) is 6.97. The molecular formula is C17H24ClN3O2. The van der Waals surface area contributed by atoms with Crippen LogP contribution in [0.15, 0.2) is 23.0 Å². The maximum atomic E-state index is 12.8. The number of carbonyl (C=O) groups excluding carboxylic acids is 1. The maximum absolute atomic E-state index is 12.8. The van der Waals surface area contributed by atoms with Crippen molar-refractivity contribution in [3.63, 3.8) is 0 Å². The molecule has 0 spiro atoms. The average molecular weight is 338 g/mol. The first kappa shape index (κ1) is 16.5. The fourth-order valence-electron chi connectivity index (χ4n) is 4.40. The number of hydrogen-bond acceptors (Lipinski definition) is 3. The highest BCUT2D eigenvalue weighted by atomic mass is 35.5. The van der Waals surface area contributed by atoms with Crippen molar-refractivity contribution in [1.29, 1.82) is 0 Å².